The number of hydrogen-bond acceptors (Lipinski definition) is 4. The smallest absolute Gasteiger partial charge is 0.414 e. The molecule has 22 heavy (non-hydrogen) atoms. The normalized spacial score (nSPS) is 10.0. The van der Waals surface area contributed by atoms with Gasteiger partial charge in [0.2, 0.25) is 0 Å². The molecule has 6 heteroatoms. The summed E-state index contributed by atoms with van der Waals surface area (Å²) in [5.41, 5.74) is 1.36. The molecule has 0 atom stereocenters. The zero-order chi connectivity index (χ0) is 16.5. The van der Waals surface area contributed by atoms with E-state index in [-0.39, 0.29) is 0 Å². The van der Waals surface area contributed by atoms with Crippen molar-refractivity contribution < 1.29 is 19.1 Å². The zero-order valence-corrected chi connectivity index (χ0v) is 13.7. The van der Waals surface area contributed by atoms with Gasteiger partial charge in [-0.2, -0.15) is 0 Å². The van der Waals surface area contributed by atoms with Crippen LogP contribution in [0.4, 0.5) is 21.0 Å². The molecule has 0 saturated carbocycles. The summed E-state index contributed by atoms with van der Waals surface area (Å²) < 4.78 is 10.1. The summed E-state index contributed by atoms with van der Waals surface area (Å²) in [6, 6.07) is 7.20. The lowest BCUT2D eigenvalue weighted by molar-refractivity contribution is 0.159. The molecule has 0 aliphatic rings. The van der Waals surface area contributed by atoms with Crippen LogP contribution < -0.4 is 9.80 Å². The maximum absolute atomic E-state index is 12.0. The summed E-state index contributed by atoms with van der Waals surface area (Å²) in [4.78, 5) is 27.0. The molecule has 0 spiro atoms. The lowest BCUT2D eigenvalue weighted by Gasteiger charge is -2.24. The molecule has 0 unspecified atom stereocenters. The molecule has 0 heterocycles. The molecule has 0 fully saturated rings. The van der Waals surface area contributed by atoms with E-state index in [9.17, 15) is 9.59 Å². The Hall–Kier alpha value is -2.24. The molecule has 0 aliphatic carbocycles. The van der Waals surface area contributed by atoms with Gasteiger partial charge in [0.1, 0.15) is 0 Å². The molecule has 0 radical (unpaired) electrons. The van der Waals surface area contributed by atoms with Gasteiger partial charge in [0, 0.05) is 24.5 Å². The van der Waals surface area contributed by atoms with Crippen molar-refractivity contribution in [1.82, 2.24) is 0 Å². The summed E-state index contributed by atoms with van der Waals surface area (Å²) >= 11 is 0. The van der Waals surface area contributed by atoms with E-state index in [0.29, 0.717) is 37.7 Å². The van der Waals surface area contributed by atoms with Gasteiger partial charge in [0.05, 0.1) is 13.2 Å². The highest BCUT2D eigenvalue weighted by atomic mass is 16.6. The van der Waals surface area contributed by atoms with Crippen molar-refractivity contribution >= 4 is 23.6 Å². The van der Waals surface area contributed by atoms with Gasteiger partial charge in [-0.05, 0) is 45.9 Å². The van der Waals surface area contributed by atoms with E-state index in [1.54, 1.807) is 26.0 Å². The summed E-state index contributed by atoms with van der Waals surface area (Å²) in [5, 5.41) is 0. The van der Waals surface area contributed by atoms with Crippen LogP contribution in [-0.4, -0.2) is 38.5 Å². The van der Waals surface area contributed by atoms with Gasteiger partial charge in [-0.1, -0.05) is 6.07 Å². The van der Waals surface area contributed by atoms with E-state index in [1.807, 2.05) is 26.0 Å². The number of amides is 2. The van der Waals surface area contributed by atoms with Crippen molar-refractivity contribution in [2.24, 2.45) is 0 Å². The third-order valence-corrected chi connectivity index (χ3v) is 3.06. The van der Waals surface area contributed by atoms with E-state index in [2.05, 4.69) is 0 Å². The summed E-state index contributed by atoms with van der Waals surface area (Å²) in [5.74, 6) is 0. The molecule has 1 rings (SSSR count). The van der Waals surface area contributed by atoms with Gasteiger partial charge in [-0.15, -0.1) is 0 Å². The maximum atomic E-state index is 12.0. The van der Waals surface area contributed by atoms with E-state index in [0.717, 1.165) is 0 Å². The van der Waals surface area contributed by atoms with Crippen LogP contribution in [0.15, 0.2) is 24.3 Å². The Kier molecular flexibility index (Phi) is 7.22. The van der Waals surface area contributed by atoms with E-state index < -0.39 is 12.2 Å². The highest BCUT2D eigenvalue weighted by Gasteiger charge is 2.19. The number of anilines is 2. The van der Waals surface area contributed by atoms with Crippen LogP contribution in [0, 0.1) is 0 Å². The Bertz CT molecular complexity index is 463. The molecular weight excluding hydrogens is 284 g/mol. The van der Waals surface area contributed by atoms with Crippen LogP contribution in [0.2, 0.25) is 0 Å². The molecular formula is C16H24N2O4. The topological polar surface area (TPSA) is 59.1 Å². The van der Waals surface area contributed by atoms with Gasteiger partial charge in [-0.25, -0.2) is 9.59 Å². The number of benzene rings is 1. The first-order valence-electron chi connectivity index (χ1n) is 7.57. The largest absolute Gasteiger partial charge is 0.449 e. The van der Waals surface area contributed by atoms with Crippen molar-refractivity contribution in [3.05, 3.63) is 24.3 Å². The quantitative estimate of drug-likeness (QED) is 0.805. The molecule has 0 bridgehead atoms. The molecule has 122 valence electrons. The highest BCUT2D eigenvalue weighted by Crippen LogP contribution is 2.23. The molecule has 1 aromatic carbocycles. The number of hydrogen-bond donors (Lipinski definition) is 0. The Balaban J connectivity index is 3.05. The van der Waals surface area contributed by atoms with Crippen molar-refractivity contribution in [1.29, 1.82) is 0 Å². The Morgan fingerprint density at radius 1 is 0.864 bits per heavy atom. The minimum absolute atomic E-state index is 0.318. The van der Waals surface area contributed by atoms with Gasteiger partial charge in [0.15, 0.2) is 0 Å². The molecule has 1 aromatic rings. The monoisotopic (exact) mass is 308 g/mol. The Morgan fingerprint density at radius 3 is 1.59 bits per heavy atom. The second-order valence-electron chi connectivity index (χ2n) is 4.41. The fourth-order valence-corrected chi connectivity index (χ4v) is 2.07. The fraction of sp³-hybridized carbons (Fsp3) is 0.500. The lowest BCUT2D eigenvalue weighted by Crippen LogP contribution is -2.33. The standard InChI is InChI=1S/C16H24N2O4/c1-5-17(15(19)21-7-3)13-10-9-11-14(12-13)18(6-2)16(20)22-8-4/h9-12H,5-8H2,1-4H3. The average Bonchev–Trinajstić information content (AvgIpc) is 2.50. The first-order chi connectivity index (χ1) is 10.6. The number of rotatable bonds is 6. The minimum atomic E-state index is -0.402. The second-order valence-corrected chi connectivity index (χ2v) is 4.41. The van der Waals surface area contributed by atoms with Crippen LogP contribution in [0.25, 0.3) is 0 Å². The molecule has 0 aliphatic heterocycles. The van der Waals surface area contributed by atoms with Crippen LogP contribution in [0.1, 0.15) is 27.7 Å². The van der Waals surface area contributed by atoms with Crippen LogP contribution in [0.5, 0.6) is 0 Å². The third-order valence-electron chi connectivity index (χ3n) is 3.06. The van der Waals surface area contributed by atoms with E-state index >= 15 is 0 Å². The predicted molar refractivity (Wildman–Crippen MR) is 86.5 cm³/mol. The second kappa shape index (κ2) is 8.92. The van der Waals surface area contributed by atoms with Crippen molar-refractivity contribution in [3.8, 4) is 0 Å². The number of carbonyl (C=O) groups excluding carboxylic acids is 2. The van der Waals surface area contributed by atoms with Crippen molar-refractivity contribution in [3.63, 3.8) is 0 Å². The Morgan fingerprint density at radius 2 is 1.27 bits per heavy atom. The predicted octanol–water partition coefficient (Wildman–Crippen LogP) is 3.65. The van der Waals surface area contributed by atoms with E-state index in [4.69, 9.17) is 9.47 Å². The first-order valence-corrected chi connectivity index (χ1v) is 7.57. The van der Waals surface area contributed by atoms with Gasteiger partial charge >= 0.3 is 12.2 Å². The summed E-state index contributed by atoms with van der Waals surface area (Å²) in [6.45, 7) is 8.86. The van der Waals surface area contributed by atoms with Crippen molar-refractivity contribution in [2.75, 3.05) is 36.1 Å². The van der Waals surface area contributed by atoms with Crippen molar-refractivity contribution in [2.45, 2.75) is 27.7 Å². The SMILES string of the molecule is CCOC(=O)N(CC)c1cccc(N(CC)C(=O)OCC)c1. The number of ether oxygens (including phenoxy) is 2. The summed E-state index contributed by atoms with van der Waals surface area (Å²) in [7, 11) is 0. The highest BCUT2D eigenvalue weighted by molar-refractivity contribution is 5.91. The molecule has 0 N–H and O–H groups in total. The number of nitrogens with zero attached hydrogens (tertiary/aromatic N) is 2. The van der Waals surface area contributed by atoms with Crippen LogP contribution >= 0.6 is 0 Å². The molecule has 6 nitrogen and oxygen atoms in total. The fourth-order valence-electron chi connectivity index (χ4n) is 2.07. The van der Waals surface area contributed by atoms with Gasteiger partial charge < -0.3 is 9.47 Å². The van der Waals surface area contributed by atoms with Crippen LogP contribution in [0.3, 0.4) is 0 Å². The summed E-state index contributed by atoms with van der Waals surface area (Å²) in [6.07, 6.45) is -0.803. The maximum Gasteiger partial charge on any atom is 0.414 e. The van der Waals surface area contributed by atoms with E-state index in [1.165, 1.54) is 9.80 Å². The Labute approximate surface area is 131 Å². The third kappa shape index (κ3) is 4.38. The molecule has 0 saturated heterocycles. The number of carbonyl (C=O) groups is 2. The first kappa shape index (κ1) is 17.8. The molecule has 2 amide bonds. The lowest BCUT2D eigenvalue weighted by atomic mass is 10.2. The average molecular weight is 308 g/mol. The van der Waals surface area contributed by atoms with Gasteiger partial charge in [0.25, 0.3) is 0 Å². The van der Waals surface area contributed by atoms with Gasteiger partial charge in [-0.3, -0.25) is 9.80 Å². The minimum Gasteiger partial charge on any atom is -0.449 e. The molecule has 0 aromatic heterocycles. The van der Waals surface area contributed by atoms with Crippen LogP contribution in [-0.2, 0) is 9.47 Å². The zero-order valence-electron chi connectivity index (χ0n) is 13.7.